The van der Waals surface area contributed by atoms with Gasteiger partial charge in [0.15, 0.2) is 5.78 Å². The number of Topliss-reactive ketones (excluding diaryl/α,β-unsaturated/α-hetero) is 1. The summed E-state index contributed by atoms with van der Waals surface area (Å²) in [6.45, 7) is 5.59. The van der Waals surface area contributed by atoms with Crippen molar-refractivity contribution in [3.63, 3.8) is 0 Å². The summed E-state index contributed by atoms with van der Waals surface area (Å²) in [5.41, 5.74) is 1.94. The summed E-state index contributed by atoms with van der Waals surface area (Å²) in [5.74, 6) is 0.187. The summed E-state index contributed by atoms with van der Waals surface area (Å²) >= 11 is 0. The molecule has 0 aromatic heterocycles. The molecule has 2 bridgehead atoms. The number of ether oxygens (including phenoxy) is 2. The number of hydrogen-bond acceptors (Lipinski definition) is 6. The van der Waals surface area contributed by atoms with E-state index in [1.165, 1.54) is 5.56 Å². The zero-order valence-electron chi connectivity index (χ0n) is 24.8. The maximum Gasteiger partial charge on any atom is 0.380 e. The third kappa shape index (κ3) is 7.97. The first-order valence-corrected chi connectivity index (χ1v) is 17.1. The first-order valence-electron chi connectivity index (χ1n) is 15.7. The third-order valence-corrected chi connectivity index (χ3v) is 10.7. The minimum Gasteiger partial charge on any atom is -0.462 e. The van der Waals surface area contributed by atoms with E-state index < -0.39 is 33.9 Å². The van der Waals surface area contributed by atoms with Crippen LogP contribution in [-0.2, 0) is 24.4 Å². The molecule has 1 aromatic carbocycles. The summed E-state index contributed by atoms with van der Waals surface area (Å²) in [4.78, 5) is 25.3. The van der Waals surface area contributed by atoms with Crippen LogP contribution in [-0.4, -0.2) is 49.3 Å². The number of carbonyl (C=O) groups is 2. The van der Waals surface area contributed by atoms with E-state index in [-0.39, 0.29) is 23.5 Å². The zero-order valence-corrected chi connectivity index (χ0v) is 25.6. The van der Waals surface area contributed by atoms with Gasteiger partial charge in [-0.15, -0.1) is 0 Å². The molecule has 7 nitrogen and oxygen atoms in total. The Morgan fingerprint density at radius 2 is 1.69 bits per heavy atom. The lowest BCUT2D eigenvalue weighted by atomic mass is 9.65. The van der Waals surface area contributed by atoms with Crippen LogP contribution < -0.4 is 0 Å². The van der Waals surface area contributed by atoms with Gasteiger partial charge in [-0.2, -0.15) is 17.2 Å². The zero-order chi connectivity index (χ0) is 30.5. The highest BCUT2D eigenvalue weighted by atomic mass is 32.2. The second kappa shape index (κ2) is 14.2. The molecule has 7 unspecified atom stereocenters. The molecular weight excluding hydrogens is 566 g/mol. The van der Waals surface area contributed by atoms with Crippen LogP contribution in [0.4, 0.5) is 8.78 Å². The van der Waals surface area contributed by atoms with Crippen LogP contribution >= 0.6 is 0 Å². The van der Waals surface area contributed by atoms with E-state index >= 15 is 0 Å². The molecular formula is C32H46F2O7S. The molecule has 0 amide bonds. The summed E-state index contributed by atoms with van der Waals surface area (Å²) < 4.78 is 69.0. The van der Waals surface area contributed by atoms with E-state index in [0.29, 0.717) is 24.2 Å². The molecule has 3 saturated carbocycles. The maximum absolute atomic E-state index is 13.7. The molecule has 0 heterocycles. The molecule has 0 aliphatic heterocycles. The highest BCUT2D eigenvalue weighted by molar-refractivity contribution is 7.86. The van der Waals surface area contributed by atoms with Crippen LogP contribution in [0.5, 0.6) is 0 Å². The van der Waals surface area contributed by atoms with Gasteiger partial charge in [0.1, 0.15) is 12.5 Å². The lowest BCUT2D eigenvalue weighted by Gasteiger charge is -2.41. The molecule has 3 aliphatic rings. The first-order chi connectivity index (χ1) is 19.9. The number of halogens is 2. The van der Waals surface area contributed by atoms with Gasteiger partial charge in [0.25, 0.3) is 0 Å². The van der Waals surface area contributed by atoms with Crippen molar-refractivity contribution >= 4 is 21.9 Å². The third-order valence-electron chi connectivity index (χ3n) is 9.78. The molecule has 3 aliphatic carbocycles. The number of esters is 1. The van der Waals surface area contributed by atoms with Crippen molar-refractivity contribution in [3.8, 4) is 0 Å². The number of alkyl halides is 2. The number of rotatable bonds is 15. The Kier molecular flexibility index (Phi) is 11.2. The fourth-order valence-electron chi connectivity index (χ4n) is 7.73. The topological polar surface area (TPSA) is 107 Å². The van der Waals surface area contributed by atoms with Gasteiger partial charge in [-0.05, 0) is 86.5 Å². The van der Waals surface area contributed by atoms with Gasteiger partial charge < -0.3 is 9.47 Å². The molecule has 0 saturated heterocycles. The second-order valence-electron chi connectivity index (χ2n) is 12.8. The number of ketones is 1. The highest BCUT2D eigenvalue weighted by Gasteiger charge is 2.53. The van der Waals surface area contributed by atoms with E-state index in [0.717, 1.165) is 83.0 Å². The average Bonchev–Trinajstić information content (AvgIpc) is 3.54. The highest BCUT2D eigenvalue weighted by Crippen LogP contribution is 2.57. The normalized spacial score (nSPS) is 28.5. The van der Waals surface area contributed by atoms with Crippen molar-refractivity contribution in [2.45, 2.75) is 108 Å². The van der Waals surface area contributed by atoms with Gasteiger partial charge in [0.2, 0.25) is 0 Å². The van der Waals surface area contributed by atoms with Crippen molar-refractivity contribution in [1.82, 2.24) is 0 Å². The van der Waals surface area contributed by atoms with Crippen LogP contribution in [0.2, 0.25) is 0 Å². The second-order valence-corrected chi connectivity index (χ2v) is 14.3. The SMILES string of the molecule is CCCOCCCCC(C)C(=O)c1ccc(C2CCCCC2C2CC3CC(OC(=O)CC(F)(F)S(=O)(=O)O)C2C3)cc1. The Labute approximate surface area is 248 Å². The van der Waals surface area contributed by atoms with Gasteiger partial charge in [0.05, 0.1) is 0 Å². The smallest absolute Gasteiger partial charge is 0.380 e. The van der Waals surface area contributed by atoms with Crippen molar-refractivity contribution in [3.05, 3.63) is 35.4 Å². The van der Waals surface area contributed by atoms with Crippen molar-refractivity contribution in [1.29, 1.82) is 0 Å². The minimum absolute atomic E-state index is 0.0458. The van der Waals surface area contributed by atoms with Crippen LogP contribution in [0.1, 0.15) is 113 Å². The lowest BCUT2D eigenvalue weighted by Crippen LogP contribution is -2.38. The Bertz CT molecular complexity index is 1170. The fourth-order valence-corrected chi connectivity index (χ4v) is 8.03. The van der Waals surface area contributed by atoms with E-state index in [2.05, 4.69) is 19.1 Å². The van der Waals surface area contributed by atoms with Gasteiger partial charge in [-0.25, -0.2) is 0 Å². The number of unbranched alkanes of at least 4 members (excludes halogenated alkanes) is 1. The Hall–Kier alpha value is -1.91. The molecule has 0 spiro atoms. The van der Waals surface area contributed by atoms with Crippen LogP contribution in [0.25, 0.3) is 0 Å². The van der Waals surface area contributed by atoms with E-state index in [4.69, 9.17) is 14.0 Å². The molecule has 4 rings (SSSR count). The molecule has 42 heavy (non-hydrogen) atoms. The van der Waals surface area contributed by atoms with E-state index in [9.17, 15) is 26.8 Å². The summed E-state index contributed by atoms with van der Waals surface area (Å²) in [7, 11) is -5.69. The Balaban J connectivity index is 1.36. The van der Waals surface area contributed by atoms with E-state index in [1.54, 1.807) is 0 Å². The molecule has 1 aromatic rings. The molecule has 1 N–H and O–H groups in total. The first kappa shape index (κ1) is 33.0. The quantitative estimate of drug-likeness (QED) is 0.0966. The summed E-state index contributed by atoms with van der Waals surface area (Å²) in [5, 5.41) is -4.57. The molecule has 10 heteroatoms. The van der Waals surface area contributed by atoms with Crippen LogP contribution in [0, 0.1) is 29.6 Å². The standard InChI is InChI=1S/C32H46F2O7S/c1-3-15-40-16-7-6-8-21(2)31(36)24-13-11-23(12-14-24)25-9-4-5-10-26(25)27-17-22-18-28(27)29(19-22)41-30(35)20-32(33,34)42(37,38)39/h11-14,21-22,25-29H,3-10,15-20H2,1-2H3,(H,37,38,39). The van der Waals surface area contributed by atoms with Gasteiger partial charge in [-0.3, -0.25) is 14.1 Å². The average molecular weight is 613 g/mol. The molecule has 7 atom stereocenters. The Morgan fingerprint density at radius 1 is 1.00 bits per heavy atom. The predicted octanol–water partition coefficient (Wildman–Crippen LogP) is 7.20. The molecule has 3 fully saturated rings. The summed E-state index contributed by atoms with van der Waals surface area (Å²) in [6, 6.07) is 8.07. The van der Waals surface area contributed by atoms with Crippen molar-refractivity contribution < 1.29 is 40.8 Å². The summed E-state index contributed by atoms with van der Waals surface area (Å²) in [6.07, 6.45) is 8.35. The predicted molar refractivity (Wildman–Crippen MR) is 155 cm³/mol. The number of carbonyl (C=O) groups excluding carboxylic acids is 2. The van der Waals surface area contributed by atoms with Gasteiger partial charge in [-0.1, -0.05) is 57.4 Å². The number of fused-ring (bicyclic) bond motifs is 2. The molecule has 236 valence electrons. The van der Waals surface area contributed by atoms with Crippen LogP contribution in [0.3, 0.4) is 0 Å². The van der Waals surface area contributed by atoms with Gasteiger partial charge in [0, 0.05) is 24.7 Å². The van der Waals surface area contributed by atoms with Crippen LogP contribution in [0.15, 0.2) is 24.3 Å². The van der Waals surface area contributed by atoms with Crippen molar-refractivity contribution in [2.24, 2.45) is 29.6 Å². The monoisotopic (exact) mass is 612 g/mol. The largest absolute Gasteiger partial charge is 0.462 e. The number of hydrogen-bond donors (Lipinski definition) is 1. The number of benzene rings is 1. The van der Waals surface area contributed by atoms with E-state index in [1.807, 2.05) is 19.1 Å². The fraction of sp³-hybridized carbons (Fsp3) is 0.750. The Morgan fingerprint density at radius 3 is 2.36 bits per heavy atom. The maximum atomic E-state index is 13.7. The van der Waals surface area contributed by atoms with Crippen molar-refractivity contribution in [2.75, 3.05) is 13.2 Å². The van der Waals surface area contributed by atoms with Gasteiger partial charge >= 0.3 is 21.3 Å². The lowest BCUT2D eigenvalue weighted by molar-refractivity contribution is -0.157. The molecule has 0 radical (unpaired) electrons. The minimum atomic E-state index is -5.69.